The van der Waals surface area contributed by atoms with E-state index < -0.39 is 76.7 Å². The minimum absolute atomic E-state index is 0.0253. The first-order valence-electron chi connectivity index (χ1n) is 16.7. The molecule has 0 bridgehead atoms. The Morgan fingerprint density at radius 2 is 1.04 bits per heavy atom. The molecule has 55 heavy (non-hydrogen) atoms. The lowest BCUT2D eigenvalue weighted by atomic mass is 10.1. The summed E-state index contributed by atoms with van der Waals surface area (Å²) in [7, 11) is 3.72. The number of hydrogen-bond acceptors (Lipinski definition) is 16. The summed E-state index contributed by atoms with van der Waals surface area (Å²) < 4.78 is 28.8. The highest BCUT2D eigenvalue weighted by Crippen LogP contribution is 2.10. The van der Waals surface area contributed by atoms with Crippen LogP contribution >= 0.6 is 0 Å². The molecule has 3 atom stereocenters. The van der Waals surface area contributed by atoms with Crippen molar-refractivity contribution in [2.24, 2.45) is 23.5 Å². The van der Waals surface area contributed by atoms with Gasteiger partial charge in [-0.05, 0) is 62.3 Å². The van der Waals surface area contributed by atoms with E-state index in [1.807, 2.05) is 0 Å². The maximum Gasteiger partial charge on any atom is 0.407 e. The maximum atomic E-state index is 11.6. The van der Waals surface area contributed by atoms with Crippen LogP contribution in [-0.4, -0.2) is 127 Å². The molecule has 3 unspecified atom stereocenters. The Balaban J connectivity index is 0. The number of amides is 4. The topological polar surface area (TPSA) is 296 Å². The second-order valence-corrected chi connectivity index (χ2v) is 14.4. The molecule has 0 aliphatic heterocycles. The summed E-state index contributed by atoms with van der Waals surface area (Å²) in [6, 6.07) is 0. The average molecular weight is 788 g/mol. The number of nitrogens with one attached hydrogen (secondary N) is 4. The van der Waals surface area contributed by atoms with E-state index in [4.69, 9.17) is 26.5 Å². The SMILES string of the molecule is COC(=O)C(CNC(=O)OC(C)(C)C)CC(N)=O.COC(=O)C(CNC(=O)OC(C)(C)C)Cc1nn[nH]n1.[C-]#[N+]CC(CNC(=O)OC(C)(C)C)C(=O)OC. The standard InChI is InChI=1S/C11H19N5O4.C11H20N2O5.C11H18N2O4/c1-11(2,3)20-10(18)12-6-7(9(17)19-4)5-8-13-15-16-14-8;1-11(2,3)18-10(16)13-6-7(5-8(12)14)9(15)17-4;1-11(2,3)17-10(15)13-7-8(6-12-4)9(14)16-5/h7H,5-6H2,1-4H3,(H,12,18)(H,13,14,15,16);7H,5-6H2,1-4H3,(H2,12,14)(H,13,16);8H,6-7H2,1-3,5H3,(H,13,15). The van der Waals surface area contributed by atoms with Gasteiger partial charge in [-0.1, -0.05) is 5.21 Å². The smallest absolute Gasteiger partial charge is 0.407 e. The number of carbonyl (C=O) groups excluding carboxylic acids is 7. The van der Waals surface area contributed by atoms with E-state index in [1.54, 1.807) is 62.3 Å². The third-order valence-electron chi connectivity index (χ3n) is 5.86. The van der Waals surface area contributed by atoms with Gasteiger partial charge in [0.2, 0.25) is 12.5 Å². The van der Waals surface area contributed by atoms with Gasteiger partial charge in [0.1, 0.15) is 22.7 Å². The number of aromatic nitrogens is 4. The highest BCUT2D eigenvalue weighted by atomic mass is 16.6. The van der Waals surface area contributed by atoms with Gasteiger partial charge in [-0.15, -0.1) is 10.2 Å². The van der Waals surface area contributed by atoms with E-state index in [1.165, 1.54) is 21.3 Å². The fourth-order valence-corrected chi connectivity index (χ4v) is 3.60. The minimum Gasteiger partial charge on any atom is -0.469 e. The lowest BCUT2D eigenvalue weighted by Crippen LogP contribution is -2.38. The number of nitrogens with zero attached hydrogens (tertiary/aromatic N) is 4. The van der Waals surface area contributed by atoms with E-state index in [9.17, 15) is 33.6 Å². The Morgan fingerprint density at radius 3 is 1.36 bits per heavy atom. The lowest BCUT2D eigenvalue weighted by molar-refractivity contribution is -0.147. The zero-order valence-corrected chi connectivity index (χ0v) is 33.6. The van der Waals surface area contributed by atoms with Crippen LogP contribution in [0.4, 0.5) is 14.4 Å². The predicted molar refractivity (Wildman–Crippen MR) is 192 cm³/mol. The number of aromatic amines is 1. The van der Waals surface area contributed by atoms with Gasteiger partial charge in [-0.3, -0.25) is 19.2 Å². The van der Waals surface area contributed by atoms with Crippen LogP contribution in [0.2, 0.25) is 0 Å². The highest BCUT2D eigenvalue weighted by Gasteiger charge is 2.26. The van der Waals surface area contributed by atoms with Gasteiger partial charge in [0.05, 0.1) is 33.2 Å². The summed E-state index contributed by atoms with van der Waals surface area (Å²) in [6.45, 7) is 22.3. The number of esters is 3. The van der Waals surface area contributed by atoms with Crippen molar-refractivity contribution >= 4 is 42.1 Å². The molecule has 0 fully saturated rings. The average Bonchev–Trinajstić information content (AvgIpc) is 3.57. The molecule has 0 aromatic carbocycles. The van der Waals surface area contributed by atoms with Gasteiger partial charge >= 0.3 is 36.2 Å². The van der Waals surface area contributed by atoms with Gasteiger partial charge in [0.15, 0.2) is 5.82 Å². The van der Waals surface area contributed by atoms with Crippen molar-refractivity contribution in [2.45, 2.75) is 92.0 Å². The first kappa shape index (κ1) is 51.4. The minimum atomic E-state index is -0.806. The van der Waals surface area contributed by atoms with E-state index in [0.29, 0.717) is 5.82 Å². The number of tetrazole rings is 1. The van der Waals surface area contributed by atoms with Gasteiger partial charge < -0.3 is 55.0 Å². The van der Waals surface area contributed by atoms with Crippen molar-refractivity contribution in [3.8, 4) is 0 Å². The molecule has 0 aliphatic rings. The molecule has 22 heteroatoms. The zero-order valence-electron chi connectivity index (χ0n) is 33.6. The molecule has 22 nitrogen and oxygen atoms in total. The van der Waals surface area contributed by atoms with Crippen molar-refractivity contribution in [3.63, 3.8) is 0 Å². The molecular formula is C33H57N9O13. The molecule has 6 N–H and O–H groups in total. The molecule has 0 spiro atoms. The van der Waals surface area contributed by atoms with Crippen molar-refractivity contribution in [1.82, 2.24) is 36.6 Å². The Hall–Kier alpha value is -5.75. The molecular weight excluding hydrogens is 730 g/mol. The van der Waals surface area contributed by atoms with Crippen LogP contribution in [0.5, 0.6) is 0 Å². The van der Waals surface area contributed by atoms with E-state index >= 15 is 0 Å². The molecule has 0 radical (unpaired) electrons. The van der Waals surface area contributed by atoms with Gasteiger partial charge in [-0.2, -0.15) is 5.21 Å². The fraction of sp³-hybridized carbons (Fsp3) is 0.727. The largest absolute Gasteiger partial charge is 0.469 e. The molecule has 1 rings (SSSR count). The lowest BCUT2D eigenvalue weighted by Gasteiger charge is -2.21. The molecule has 312 valence electrons. The van der Waals surface area contributed by atoms with E-state index in [2.05, 4.69) is 55.6 Å². The summed E-state index contributed by atoms with van der Waals surface area (Å²) in [5.74, 6) is -3.94. The normalized spacial score (nSPS) is 12.4. The Morgan fingerprint density at radius 1 is 0.673 bits per heavy atom. The predicted octanol–water partition coefficient (Wildman–Crippen LogP) is 1.45. The number of rotatable bonds is 14. The molecule has 0 saturated heterocycles. The first-order valence-corrected chi connectivity index (χ1v) is 16.7. The number of carbonyl (C=O) groups is 7. The number of nitrogens with two attached hydrogens (primary N) is 1. The Bertz CT molecular complexity index is 1410. The van der Waals surface area contributed by atoms with Crippen molar-refractivity contribution in [2.75, 3.05) is 47.5 Å². The molecule has 1 aromatic heterocycles. The summed E-state index contributed by atoms with van der Waals surface area (Å²) in [4.78, 5) is 82.3. The molecule has 0 saturated carbocycles. The van der Waals surface area contributed by atoms with E-state index in [0.717, 1.165) is 0 Å². The van der Waals surface area contributed by atoms with Crippen molar-refractivity contribution < 1.29 is 62.0 Å². The second kappa shape index (κ2) is 25.3. The van der Waals surface area contributed by atoms with Crippen LogP contribution in [0, 0.1) is 24.3 Å². The Kier molecular flexibility index (Phi) is 23.6. The number of ether oxygens (including phenoxy) is 6. The van der Waals surface area contributed by atoms with Gasteiger partial charge in [0, 0.05) is 32.5 Å². The molecule has 1 heterocycles. The number of alkyl carbamates (subject to hydrolysis) is 3. The number of methoxy groups -OCH3 is 3. The molecule has 1 aromatic rings. The zero-order chi connectivity index (χ0) is 43.0. The molecule has 0 aliphatic carbocycles. The first-order chi connectivity index (χ1) is 25.3. The quantitative estimate of drug-likeness (QED) is 0.101. The van der Waals surface area contributed by atoms with Crippen molar-refractivity contribution in [1.29, 1.82) is 0 Å². The third kappa shape index (κ3) is 28.4. The van der Waals surface area contributed by atoms with Gasteiger partial charge in [-0.25, -0.2) is 21.0 Å². The van der Waals surface area contributed by atoms with Gasteiger partial charge in [0.25, 0.3) is 0 Å². The van der Waals surface area contributed by atoms with Crippen LogP contribution < -0.4 is 21.7 Å². The highest BCUT2D eigenvalue weighted by molar-refractivity contribution is 5.82. The van der Waals surface area contributed by atoms with Crippen LogP contribution in [0.3, 0.4) is 0 Å². The summed E-state index contributed by atoms with van der Waals surface area (Å²) in [5, 5.41) is 20.6. The summed E-state index contributed by atoms with van der Waals surface area (Å²) >= 11 is 0. The van der Waals surface area contributed by atoms with Crippen LogP contribution in [0.25, 0.3) is 4.85 Å². The van der Waals surface area contributed by atoms with Crippen molar-refractivity contribution in [3.05, 3.63) is 17.2 Å². The number of H-pyrrole nitrogens is 1. The summed E-state index contributed by atoms with van der Waals surface area (Å²) in [6.07, 6.45) is -1.86. The number of primary amides is 1. The fourth-order valence-electron chi connectivity index (χ4n) is 3.60. The monoisotopic (exact) mass is 787 g/mol. The Labute approximate surface area is 320 Å². The van der Waals surface area contributed by atoms with Crippen LogP contribution in [-0.2, 0) is 54.0 Å². The van der Waals surface area contributed by atoms with Crippen LogP contribution in [0.15, 0.2) is 0 Å². The second-order valence-electron chi connectivity index (χ2n) is 14.4. The third-order valence-corrected chi connectivity index (χ3v) is 5.86. The maximum absolute atomic E-state index is 11.6. The van der Waals surface area contributed by atoms with Crippen LogP contribution in [0.1, 0.15) is 74.6 Å². The summed E-state index contributed by atoms with van der Waals surface area (Å²) in [5.41, 5.74) is 3.18. The van der Waals surface area contributed by atoms with E-state index in [-0.39, 0.29) is 39.0 Å². The molecule has 4 amide bonds. The number of hydrogen-bond donors (Lipinski definition) is 5.